The zero-order chi connectivity index (χ0) is 26.8. The SMILES string of the molecule is O=C(NCc1cccc(O)c1)c1ccc(C(=O)N[C@@H](CCCNC(=O)C2CCCCN2)C(=O)O)c(Cl)c1. The highest BCUT2D eigenvalue weighted by Crippen LogP contribution is 2.19. The Morgan fingerprint density at radius 1 is 1.05 bits per heavy atom. The minimum absolute atomic E-state index is 0.00103. The Bertz CT molecular complexity index is 1140. The average Bonchev–Trinajstić information content (AvgIpc) is 2.89. The normalized spacial score (nSPS) is 15.9. The standard InChI is InChI=1S/C26H31ClN4O6/c27-20-14-17(23(33)30-15-16-5-3-6-18(32)13-16)9-10-19(20)24(34)31-22(26(36)37)8-4-12-29-25(35)21-7-1-2-11-28-21/h3,5-6,9-10,13-14,21-22,28,32H,1-2,4,7-8,11-12,15H2,(H,29,35)(H,30,33)(H,31,34)(H,36,37)/t21?,22-/m0/s1. The molecule has 6 N–H and O–H groups in total. The van der Waals surface area contributed by atoms with Crippen molar-refractivity contribution in [3.05, 3.63) is 64.2 Å². The van der Waals surface area contributed by atoms with Gasteiger partial charge >= 0.3 is 5.97 Å². The van der Waals surface area contributed by atoms with Gasteiger partial charge in [0.2, 0.25) is 5.91 Å². The number of carboxylic acid groups (broad SMARTS) is 1. The third-order valence-electron chi connectivity index (χ3n) is 6.04. The maximum atomic E-state index is 12.7. The van der Waals surface area contributed by atoms with Crippen LogP contribution in [0.3, 0.4) is 0 Å². The molecule has 0 aromatic heterocycles. The van der Waals surface area contributed by atoms with Crippen LogP contribution >= 0.6 is 11.6 Å². The number of piperidine rings is 1. The van der Waals surface area contributed by atoms with Crippen LogP contribution < -0.4 is 21.3 Å². The molecule has 1 fully saturated rings. The molecule has 0 saturated carbocycles. The Morgan fingerprint density at radius 2 is 1.86 bits per heavy atom. The van der Waals surface area contributed by atoms with Gasteiger partial charge in [-0.2, -0.15) is 0 Å². The second-order valence-corrected chi connectivity index (χ2v) is 9.25. The van der Waals surface area contributed by atoms with Gasteiger partial charge in [0.25, 0.3) is 11.8 Å². The number of carboxylic acids is 1. The van der Waals surface area contributed by atoms with Gasteiger partial charge in [-0.15, -0.1) is 0 Å². The van der Waals surface area contributed by atoms with Crippen molar-refractivity contribution in [3.8, 4) is 5.75 Å². The Hall–Kier alpha value is -3.63. The van der Waals surface area contributed by atoms with E-state index in [1.807, 2.05) is 0 Å². The molecule has 1 unspecified atom stereocenters. The van der Waals surface area contributed by atoms with Gasteiger partial charge in [0, 0.05) is 18.7 Å². The Labute approximate surface area is 219 Å². The molecule has 37 heavy (non-hydrogen) atoms. The second kappa shape index (κ2) is 13.6. The van der Waals surface area contributed by atoms with Crippen molar-refractivity contribution in [1.82, 2.24) is 21.3 Å². The highest BCUT2D eigenvalue weighted by molar-refractivity contribution is 6.34. The first-order chi connectivity index (χ1) is 17.7. The number of aliphatic carboxylic acids is 1. The van der Waals surface area contributed by atoms with Gasteiger partial charge in [-0.3, -0.25) is 14.4 Å². The van der Waals surface area contributed by atoms with Crippen LogP contribution in [0.4, 0.5) is 0 Å². The lowest BCUT2D eigenvalue weighted by atomic mass is 10.0. The number of phenols is 1. The number of phenolic OH excluding ortho intramolecular Hbond substituents is 1. The molecule has 0 aliphatic carbocycles. The number of carbonyl (C=O) groups is 4. The van der Waals surface area contributed by atoms with E-state index >= 15 is 0 Å². The average molecular weight is 531 g/mol. The van der Waals surface area contributed by atoms with Crippen LogP contribution in [0.25, 0.3) is 0 Å². The van der Waals surface area contributed by atoms with E-state index in [9.17, 15) is 29.4 Å². The van der Waals surface area contributed by atoms with E-state index in [4.69, 9.17) is 11.6 Å². The summed E-state index contributed by atoms with van der Waals surface area (Å²) in [7, 11) is 0. The minimum Gasteiger partial charge on any atom is -0.508 e. The minimum atomic E-state index is -1.20. The number of hydrogen-bond donors (Lipinski definition) is 6. The van der Waals surface area contributed by atoms with Crippen LogP contribution in [0.5, 0.6) is 5.75 Å². The molecule has 11 heteroatoms. The van der Waals surface area contributed by atoms with Gasteiger partial charge in [0.1, 0.15) is 11.8 Å². The van der Waals surface area contributed by atoms with Gasteiger partial charge in [-0.1, -0.05) is 30.2 Å². The van der Waals surface area contributed by atoms with Gasteiger partial charge in [0.05, 0.1) is 16.6 Å². The van der Waals surface area contributed by atoms with Crippen molar-refractivity contribution in [2.75, 3.05) is 13.1 Å². The largest absolute Gasteiger partial charge is 0.508 e. The zero-order valence-electron chi connectivity index (χ0n) is 20.3. The number of rotatable bonds is 11. The van der Waals surface area contributed by atoms with E-state index < -0.39 is 23.8 Å². The lowest BCUT2D eigenvalue weighted by molar-refractivity contribution is -0.139. The lowest BCUT2D eigenvalue weighted by Crippen LogP contribution is -2.47. The molecule has 2 aromatic rings. The molecule has 3 amide bonds. The summed E-state index contributed by atoms with van der Waals surface area (Å²) in [5.41, 5.74) is 0.967. The highest BCUT2D eigenvalue weighted by atomic mass is 35.5. The summed E-state index contributed by atoms with van der Waals surface area (Å²) in [4.78, 5) is 49.0. The summed E-state index contributed by atoms with van der Waals surface area (Å²) in [5, 5.41) is 30.2. The van der Waals surface area contributed by atoms with Gasteiger partial charge < -0.3 is 31.5 Å². The Balaban J connectivity index is 1.50. The van der Waals surface area contributed by atoms with Crippen molar-refractivity contribution >= 4 is 35.3 Å². The number of nitrogens with one attached hydrogen (secondary N) is 4. The molecule has 1 aliphatic heterocycles. The lowest BCUT2D eigenvalue weighted by Gasteiger charge is -2.22. The quantitative estimate of drug-likeness (QED) is 0.243. The smallest absolute Gasteiger partial charge is 0.326 e. The van der Waals surface area contributed by atoms with Gasteiger partial charge in [-0.25, -0.2) is 4.79 Å². The molecule has 2 aromatic carbocycles. The van der Waals surface area contributed by atoms with Crippen molar-refractivity contribution in [2.24, 2.45) is 0 Å². The molecule has 10 nitrogen and oxygen atoms in total. The number of halogens is 1. The fourth-order valence-corrected chi connectivity index (χ4v) is 4.27. The molecule has 0 spiro atoms. The number of benzene rings is 2. The summed E-state index contributed by atoms with van der Waals surface area (Å²) in [6.07, 6.45) is 3.29. The summed E-state index contributed by atoms with van der Waals surface area (Å²) in [6.45, 7) is 1.29. The third-order valence-corrected chi connectivity index (χ3v) is 6.35. The Kier molecular flexibility index (Phi) is 10.3. The first-order valence-electron chi connectivity index (χ1n) is 12.1. The third kappa shape index (κ3) is 8.47. The van der Waals surface area contributed by atoms with Gasteiger partial charge in [-0.05, 0) is 68.1 Å². The van der Waals surface area contributed by atoms with Crippen LogP contribution in [0, 0.1) is 0 Å². The molecule has 3 rings (SSSR count). The van der Waals surface area contributed by atoms with E-state index in [0.717, 1.165) is 25.8 Å². The fourth-order valence-electron chi connectivity index (χ4n) is 4.00. The molecular weight excluding hydrogens is 500 g/mol. The number of hydrogen-bond acceptors (Lipinski definition) is 6. The van der Waals surface area contributed by atoms with Crippen LogP contribution in [0.15, 0.2) is 42.5 Å². The summed E-state index contributed by atoms with van der Waals surface area (Å²) in [5.74, 6) is -2.32. The second-order valence-electron chi connectivity index (χ2n) is 8.85. The monoisotopic (exact) mass is 530 g/mol. The molecule has 1 heterocycles. The maximum absolute atomic E-state index is 12.7. The molecule has 0 radical (unpaired) electrons. The molecule has 0 bridgehead atoms. The Morgan fingerprint density at radius 3 is 2.54 bits per heavy atom. The number of amides is 3. The molecule has 1 saturated heterocycles. The van der Waals surface area contributed by atoms with Gasteiger partial charge in [0.15, 0.2) is 0 Å². The van der Waals surface area contributed by atoms with Crippen molar-refractivity contribution in [1.29, 1.82) is 0 Å². The molecule has 2 atom stereocenters. The van der Waals surface area contributed by atoms with Crippen molar-refractivity contribution in [2.45, 2.75) is 50.7 Å². The van der Waals surface area contributed by atoms with E-state index in [1.54, 1.807) is 12.1 Å². The molecule has 1 aliphatic rings. The van der Waals surface area contributed by atoms with Crippen LogP contribution in [-0.4, -0.2) is 59.1 Å². The van der Waals surface area contributed by atoms with E-state index in [0.29, 0.717) is 18.5 Å². The topological polar surface area (TPSA) is 157 Å². The maximum Gasteiger partial charge on any atom is 0.326 e. The fraction of sp³-hybridized carbons (Fsp3) is 0.385. The van der Waals surface area contributed by atoms with Crippen molar-refractivity contribution < 1.29 is 29.4 Å². The predicted octanol–water partition coefficient (Wildman–Crippen LogP) is 2.20. The molecule has 198 valence electrons. The van der Waals surface area contributed by atoms with Crippen LogP contribution in [0.2, 0.25) is 5.02 Å². The zero-order valence-corrected chi connectivity index (χ0v) is 21.0. The number of aromatic hydroxyl groups is 1. The first-order valence-corrected chi connectivity index (χ1v) is 12.5. The van der Waals surface area contributed by atoms with Crippen LogP contribution in [-0.2, 0) is 16.1 Å². The predicted molar refractivity (Wildman–Crippen MR) is 138 cm³/mol. The highest BCUT2D eigenvalue weighted by Gasteiger charge is 2.23. The summed E-state index contributed by atoms with van der Waals surface area (Å²) < 4.78 is 0. The van der Waals surface area contributed by atoms with E-state index in [2.05, 4.69) is 21.3 Å². The summed E-state index contributed by atoms with van der Waals surface area (Å²) >= 11 is 6.23. The van der Waals surface area contributed by atoms with E-state index in [-0.39, 0.29) is 46.8 Å². The van der Waals surface area contributed by atoms with Crippen LogP contribution in [0.1, 0.15) is 58.4 Å². The molecular formula is C26H31ClN4O6. The van der Waals surface area contributed by atoms with E-state index in [1.165, 1.54) is 30.3 Å². The summed E-state index contributed by atoms with van der Waals surface area (Å²) in [6, 6.07) is 9.19. The van der Waals surface area contributed by atoms with Crippen molar-refractivity contribution in [3.63, 3.8) is 0 Å². The first kappa shape index (κ1) is 27.9. The number of carbonyl (C=O) groups excluding carboxylic acids is 3.